The van der Waals surface area contributed by atoms with Gasteiger partial charge in [-0.05, 0) is 37.3 Å². The summed E-state index contributed by atoms with van der Waals surface area (Å²) >= 11 is 7.94. The zero-order chi connectivity index (χ0) is 19.2. The van der Waals surface area contributed by atoms with Crippen LogP contribution in [0.1, 0.15) is 6.92 Å². The van der Waals surface area contributed by atoms with Gasteiger partial charge in [0.25, 0.3) is 15.9 Å². The molecule has 3 aromatic rings. The molecule has 2 N–H and O–H groups in total. The number of anilines is 2. The lowest BCUT2D eigenvalue weighted by atomic mass is 10.1. The van der Waals surface area contributed by atoms with Crippen LogP contribution in [0.25, 0.3) is 11.3 Å². The smallest absolute Gasteiger partial charge is 0.273 e. The predicted octanol–water partition coefficient (Wildman–Crippen LogP) is 4.05. The highest BCUT2D eigenvalue weighted by Gasteiger charge is 2.24. The molecule has 3 heterocycles. The number of nitrogens with one attached hydrogen (secondary N) is 2. The van der Waals surface area contributed by atoms with E-state index < -0.39 is 16.1 Å². The molecular weight excluding hydrogens is 430 g/mol. The second kappa shape index (κ2) is 6.79. The largest absolute Gasteiger partial charge is 0.479 e. The third kappa shape index (κ3) is 3.65. The molecule has 4 rings (SSSR count). The molecule has 0 radical (unpaired) electrons. The van der Waals surface area contributed by atoms with Gasteiger partial charge in [-0.25, -0.2) is 13.4 Å². The summed E-state index contributed by atoms with van der Waals surface area (Å²) < 4.78 is 33.2. The molecule has 2 aromatic heterocycles. The highest BCUT2D eigenvalue weighted by Crippen LogP contribution is 2.35. The Balaban J connectivity index is 1.58. The van der Waals surface area contributed by atoms with E-state index in [0.717, 1.165) is 28.2 Å². The van der Waals surface area contributed by atoms with Crippen molar-refractivity contribution < 1.29 is 17.9 Å². The van der Waals surface area contributed by atoms with Gasteiger partial charge in [-0.3, -0.25) is 9.52 Å². The summed E-state index contributed by atoms with van der Waals surface area (Å²) in [7, 11) is -3.73. The number of benzene rings is 1. The Kier molecular flexibility index (Phi) is 4.58. The SMILES string of the molecule is CC1Oc2ccc(-c3csc(NS(=O)(=O)c4ccc(Cl)s4)n3)cc2NC1=O. The summed E-state index contributed by atoms with van der Waals surface area (Å²) in [5.74, 6) is 0.359. The first-order valence-electron chi connectivity index (χ1n) is 7.67. The van der Waals surface area contributed by atoms with Crippen LogP contribution < -0.4 is 14.8 Å². The van der Waals surface area contributed by atoms with E-state index in [1.54, 1.807) is 30.5 Å². The van der Waals surface area contributed by atoms with E-state index in [9.17, 15) is 13.2 Å². The summed E-state index contributed by atoms with van der Waals surface area (Å²) in [6.45, 7) is 1.67. The number of hydrogen-bond acceptors (Lipinski definition) is 7. The maximum absolute atomic E-state index is 12.4. The molecule has 1 atom stereocenters. The predicted molar refractivity (Wildman–Crippen MR) is 106 cm³/mol. The van der Waals surface area contributed by atoms with Gasteiger partial charge in [0.05, 0.1) is 15.7 Å². The third-order valence-corrected chi connectivity index (χ3v) is 7.69. The van der Waals surface area contributed by atoms with Gasteiger partial charge in [-0.2, -0.15) is 0 Å². The Morgan fingerprint density at radius 2 is 2.11 bits per heavy atom. The molecular formula is C16H12ClN3O4S3. The molecule has 0 fully saturated rings. The summed E-state index contributed by atoms with van der Waals surface area (Å²) in [5, 5.41) is 4.75. The lowest BCUT2D eigenvalue weighted by Gasteiger charge is -2.23. The van der Waals surface area contributed by atoms with Crippen LogP contribution in [0.2, 0.25) is 4.34 Å². The second-order valence-corrected chi connectivity index (χ2v) is 10.1. The van der Waals surface area contributed by atoms with Crippen LogP contribution in [-0.4, -0.2) is 25.4 Å². The number of sulfonamides is 1. The normalized spacial score (nSPS) is 16.4. The first-order chi connectivity index (χ1) is 12.8. The molecule has 11 heteroatoms. The van der Waals surface area contributed by atoms with E-state index >= 15 is 0 Å². The summed E-state index contributed by atoms with van der Waals surface area (Å²) in [6, 6.07) is 8.26. The molecule has 1 amide bonds. The Morgan fingerprint density at radius 3 is 2.85 bits per heavy atom. The summed E-state index contributed by atoms with van der Waals surface area (Å²) in [5.41, 5.74) is 1.87. The standard InChI is InChI=1S/C16H12ClN3O4S3/c1-8-15(21)18-10-6-9(2-3-12(10)24-8)11-7-25-16(19-11)20-27(22,23)14-5-4-13(17)26-14/h2-8H,1H3,(H,18,21)(H,19,20). The maximum Gasteiger partial charge on any atom is 0.273 e. The molecule has 140 valence electrons. The first kappa shape index (κ1) is 18.2. The number of nitrogens with zero attached hydrogens (tertiary/aromatic N) is 1. The highest BCUT2D eigenvalue weighted by molar-refractivity contribution is 7.94. The zero-order valence-corrected chi connectivity index (χ0v) is 16.9. The number of thiophene rings is 1. The minimum Gasteiger partial charge on any atom is -0.479 e. The minimum absolute atomic E-state index is 0.118. The Labute approximate surface area is 168 Å². The van der Waals surface area contributed by atoms with Crippen molar-refractivity contribution in [2.45, 2.75) is 17.2 Å². The number of carbonyl (C=O) groups excluding carboxylic acids is 1. The fourth-order valence-electron chi connectivity index (χ4n) is 2.43. The van der Waals surface area contributed by atoms with Gasteiger partial charge in [0.2, 0.25) is 0 Å². The number of thiazole rings is 1. The van der Waals surface area contributed by atoms with Crippen LogP contribution in [-0.2, 0) is 14.8 Å². The van der Waals surface area contributed by atoms with Crippen molar-refractivity contribution in [2.75, 3.05) is 10.0 Å². The minimum atomic E-state index is -3.73. The maximum atomic E-state index is 12.4. The molecule has 0 saturated heterocycles. The van der Waals surface area contributed by atoms with E-state index in [0.29, 0.717) is 21.5 Å². The molecule has 1 aliphatic heterocycles. The number of carbonyl (C=O) groups is 1. The van der Waals surface area contributed by atoms with Gasteiger partial charge >= 0.3 is 0 Å². The number of rotatable bonds is 4. The Morgan fingerprint density at radius 1 is 1.30 bits per heavy atom. The third-order valence-electron chi connectivity index (χ3n) is 3.75. The average molecular weight is 442 g/mol. The second-order valence-electron chi connectivity index (χ2n) is 5.66. The quantitative estimate of drug-likeness (QED) is 0.636. The van der Waals surface area contributed by atoms with Crippen molar-refractivity contribution in [3.05, 3.63) is 40.0 Å². The van der Waals surface area contributed by atoms with Gasteiger partial charge in [-0.1, -0.05) is 11.6 Å². The fraction of sp³-hybridized carbons (Fsp3) is 0.125. The lowest BCUT2D eigenvalue weighted by Crippen LogP contribution is -2.34. The van der Waals surface area contributed by atoms with Gasteiger partial charge < -0.3 is 10.1 Å². The molecule has 27 heavy (non-hydrogen) atoms. The van der Waals surface area contributed by atoms with Crippen LogP contribution in [0.4, 0.5) is 10.8 Å². The van der Waals surface area contributed by atoms with E-state index in [4.69, 9.17) is 16.3 Å². The van der Waals surface area contributed by atoms with E-state index in [2.05, 4.69) is 15.0 Å². The summed E-state index contributed by atoms with van der Waals surface area (Å²) in [4.78, 5) is 16.1. The number of fused-ring (bicyclic) bond motifs is 1. The van der Waals surface area contributed by atoms with E-state index in [1.165, 1.54) is 12.1 Å². The Hall–Kier alpha value is -2.14. The van der Waals surface area contributed by atoms with E-state index in [-0.39, 0.29) is 15.2 Å². The van der Waals surface area contributed by atoms with Crippen molar-refractivity contribution in [2.24, 2.45) is 0 Å². The summed E-state index contributed by atoms with van der Waals surface area (Å²) in [6.07, 6.45) is -0.547. The van der Waals surface area contributed by atoms with Crippen molar-refractivity contribution in [3.63, 3.8) is 0 Å². The Bertz CT molecular complexity index is 1140. The van der Waals surface area contributed by atoms with Crippen LogP contribution in [0, 0.1) is 0 Å². The number of amides is 1. The van der Waals surface area contributed by atoms with Crippen molar-refractivity contribution >= 4 is 61.0 Å². The van der Waals surface area contributed by atoms with Crippen molar-refractivity contribution in [1.82, 2.24) is 4.98 Å². The van der Waals surface area contributed by atoms with Gasteiger partial charge in [-0.15, -0.1) is 22.7 Å². The molecule has 1 aliphatic rings. The van der Waals surface area contributed by atoms with Crippen LogP contribution in [0.15, 0.2) is 39.9 Å². The molecule has 7 nitrogen and oxygen atoms in total. The van der Waals surface area contributed by atoms with E-state index in [1.807, 2.05) is 0 Å². The molecule has 1 aromatic carbocycles. The van der Waals surface area contributed by atoms with Crippen LogP contribution in [0.5, 0.6) is 5.75 Å². The highest BCUT2D eigenvalue weighted by atomic mass is 35.5. The number of ether oxygens (including phenoxy) is 1. The lowest BCUT2D eigenvalue weighted by molar-refractivity contribution is -0.122. The number of aromatic nitrogens is 1. The van der Waals surface area contributed by atoms with Crippen LogP contribution in [0.3, 0.4) is 0 Å². The van der Waals surface area contributed by atoms with Gasteiger partial charge in [0, 0.05) is 10.9 Å². The molecule has 0 spiro atoms. The molecule has 1 unspecified atom stereocenters. The molecule has 0 aliphatic carbocycles. The van der Waals surface area contributed by atoms with Crippen molar-refractivity contribution in [1.29, 1.82) is 0 Å². The van der Waals surface area contributed by atoms with Crippen molar-refractivity contribution in [3.8, 4) is 17.0 Å². The topological polar surface area (TPSA) is 97.4 Å². The van der Waals surface area contributed by atoms with Gasteiger partial charge in [0.15, 0.2) is 11.2 Å². The fourth-order valence-corrected chi connectivity index (χ4v) is 5.88. The molecule has 0 bridgehead atoms. The molecule has 0 saturated carbocycles. The van der Waals surface area contributed by atoms with Gasteiger partial charge in [0.1, 0.15) is 9.96 Å². The number of halogens is 1. The number of hydrogen-bond donors (Lipinski definition) is 2. The zero-order valence-electron chi connectivity index (χ0n) is 13.7. The van der Waals surface area contributed by atoms with Crippen LogP contribution >= 0.6 is 34.3 Å². The monoisotopic (exact) mass is 441 g/mol. The average Bonchev–Trinajstić information content (AvgIpc) is 3.25. The first-order valence-corrected chi connectivity index (χ1v) is 11.2.